The molecular weight excluding hydrogens is 276 g/mol. The molecule has 0 bridgehead atoms. The first kappa shape index (κ1) is 15.1. The number of hydrogen-bond acceptors (Lipinski definition) is 3. The largest absolute Gasteiger partial charge is 0.461 e. The van der Waals surface area contributed by atoms with E-state index in [2.05, 4.69) is 13.8 Å². The number of fused-ring (bicyclic) bond motifs is 1. The molecule has 1 aliphatic rings. The van der Waals surface area contributed by atoms with Crippen LogP contribution in [-0.2, 0) is 11.2 Å². The summed E-state index contributed by atoms with van der Waals surface area (Å²) in [5.41, 5.74) is 7.01. The van der Waals surface area contributed by atoms with Gasteiger partial charge in [0.15, 0.2) is 0 Å². The van der Waals surface area contributed by atoms with Gasteiger partial charge in [-0.15, -0.1) is 0 Å². The topological polar surface area (TPSA) is 59.5 Å². The molecule has 4 nitrogen and oxygen atoms in total. The summed E-state index contributed by atoms with van der Waals surface area (Å²) in [4.78, 5) is 14.4. The lowest BCUT2D eigenvalue weighted by Gasteiger charge is -2.42. The van der Waals surface area contributed by atoms with Gasteiger partial charge in [0.2, 0.25) is 5.91 Å². The predicted molar refractivity (Wildman–Crippen MR) is 87.5 cm³/mol. The Kier molecular flexibility index (Phi) is 3.96. The molecule has 1 aromatic carbocycles. The summed E-state index contributed by atoms with van der Waals surface area (Å²) in [5.74, 6) is 1.07. The number of nitrogens with zero attached hydrogens (tertiary/aromatic N) is 1. The zero-order valence-corrected chi connectivity index (χ0v) is 13.3. The van der Waals surface area contributed by atoms with Gasteiger partial charge >= 0.3 is 0 Å². The zero-order chi connectivity index (χ0) is 15.7. The molecule has 0 saturated carbocycles. The molecule has 2 heterocycles. The lowest BCUT2D eigenvalue weighted by molar-refractivity contribution is -0.134. The van der Waals surface area contributed by atoms with E-state index in [0.29, 0.717) is 12.8 Å². The van der Waals surface area contributed by atoms with Crippen molar-refractivity contribution in [3.8, 4) is 0 Å². The van der Waals surface area contributed by atoms with Gasteiger partial charge in [0, 0.05) is 37.4 Å². The fourth-order valence-electron chi connectivity index (χ4n) is 3.14. The van der Waals surface area contributed by atoms with Gasteiger partial charge in [-0.25, -0.2) is 0 Å². The first-order valence-electron chi connectivity index (χ1n) is 7.96. The monoisotopic (exact) mass is 300 g/mol. The molecule has 1 amide bonds. The average molecular weight is 300 g/mol. The molecule has 118 valence electrons. The number of likely N-dealkylation sites (tertiary alicyclic amines) is 1. The van der Waals surface area contributed by atoms with E-state index in [1.165, 1.54) is 0 Å². The van der Waals surface area contributed by atoms with E-state index in [-0.39, 0.29) is 17.4 Å². The van der Waals surface area contributed by atoms with E-state index >= 15 is 0 Å². The Morgan fingerprint density at radius 1 is 1.41 bits per heavy atom. The third-order valence-electron chi connectivity index (χ3n) is 4.73. The first-order chi connectivity index (χ1) is 10.5. The molecular formula is C18H24N2O2. The lowest BCUT2D eigenvalue weighted by Crippen LogP contribution is -2.54. The van der Waals surface area contributed by atoms with Crippen molar-refractivity contribution >= 4 is 16.9 Å². The van der Waals surface area contributed by atoms with Crippen molar-refractivity contribution in [2.45, 2.75) is 39.2 Å². The molecule has 2 aromatic rings. The number of carbonyl (C=O) groups excluding carboxylic acids is 1. The van der Waals surface area contributed by atoms with Gasteiger partial charge in [0.1, 0.15) is 11.3 Å². The van der Waals surface area contributed by atoms with Gasteiger partial charge in [-0.2, -0.15) is 0 Å². The Hall–Kier alpha value is -1.81. The minimum Gasteiger partial charge on any atom is -0.461 e. The van der Waals surface area contributed by atoms with Crippen molar-refractivity contribution < 1.29 is 9.21 Å². The molecule has 3 rings (SSSR count). The zero-order valence-electron chi connectivity index (χ0n) is 13.3. The van der Waals surface area contributed by atoms with E-state index in [0.717, 1.165) is 36.2 Å². The molecule has 1 saturated heterocycles. The number of aryl methyl sites for hydroxylation is 1. The Morgan fingerprint density at radius 3 is 2.91 bits per heavy atom. The minimum absolute atomic E-state index is 0.00667. The third kappa shape index (κ3) is 3.02. The maximum atomic E-state index is 12.4. The molecule has 4 heteroatoms. The van der Waals surface area contributed by atoms with Crippen LogP contribution in [0.2, 0.25) is 0 Å². The van der Waals surface area contributed by atoms with Crippen molar-refractivity contribution in [1.29, 1.82) is 0 Å². The SMILES string of the molecule is CC1(C)CN(C(=O)CCc2cc3ccccc3o2)CCC1N. The highest BCUT2D eigenvalue weighted by Crippen LogP contribution is 2.28. The number of benzene rings is 1. The van der Waals surface area contributed by atoms with Crippen LogP contribution in [0.4, 0.5) is 0 Å². The predicted octanol–water partition coefficient (Wildman–Crippen LogP) is 2.95. The highest BCUT2D eigenvalue weighted by Gasteiger charge is 2.35. The maximum Gasteiger partial charge on any atom is 0.223 e. The Labute approximate surface area is 131 Å². The summed E-state index contributed by atoms with van der Waals surface area (Å²) in [6.07, 6.45) is 2.02. The summed E-state index contributed by atoms with van der Waals surface area (Å²) in [6.45, 7) is 5.78. The molecule has 1 fully saturated rings. The van der Waals surface area contributed by atoms with E-state index in [1.807, 2.05) is 35.2 Å². The van der Waals surface area contributed by atoms with E-state index in [1.54, 1.807) is 0 Å². The molecule has 0 spiro atoms. The van der Waals surface area contributed by atoms with Crippen LogP contribution >= 0.6 is 0 Å². The quantitative estimate of drug-likeness (QED) is 0.948. The van der Waals surface area contributed by atoms with Gasteiger partial charge in [0.25, 0.3) is 0 Å². The number of hydrogen-bond donors (Lipinski definition) is 1. The van der Waals surface area contributed by atoms with Gasteiger partial charge in [0.05, 0.1) is 0 Å². The maximum absolute atomic E-state index is 12.4. The molecule has 0 radical (unpaired) electrons. The second-order valence-electron chi connectivity index (χ2n) is 6.95. The number of rotatable bonds is 3. The minimum atomic E-state index is -0.00667. The van der Waals surface area contributed by atoms with E-state index < -0.39 is 0 Å². The molecule has 1 unspecified atom stereocenters. The third-order valence-corrected chi connectivity index (χ3v) is 4.73. The number of amides is 1. The number of para-hydroxylation sites is 1. The van der Waals surface area contributed by atoms with Crippen LogP contribution in [0.15, 0.2) is 34.7 Å². The summed E-state index contributed by atoms with van der Waals surface area (Å²) in [6, 6.07) is 10.1. The normalized spacial score (nSPS) is 21.2. The Balaban J connectivity index is 1.60. The fraction of sp³-hybridized carbons (Fsp3) is 0.500. The Bertz CT molecular complexity index is 642. The van der Waals surface area contributed by atoms with Crippen molar-refractivity contribution in [3.63, 3.8) is 0 Å². The number of nitrogens with two attached hydrogens (primary N) is 1. The molecule has 1 aliphatic heterocycles. The lowest BCUT2D eigenvalue weighted by atomic mass is 9.79. The number of carbonyl (C=O) groups is 1. The van der Waals surface area contributed by atoms with Crippen LogP contribution in [0.25, 0.3) is 11.0 Å². The Morgan fingerprint density at radius 2 is 2.18 bits per heavy atom. The van der Waals surface area contributed by atoms with Crippen LogP contribution in [0.3, 0.4) is 0 Å². The summed E-state index contributed by atoms with van der Waals surface area (Å²) < 4.78 is 5.77. The highest BCUT2D eigenvalue weighted by molar-refractivity contribution is 5.79. The van der Waals surface area contributed by atoms with E-state index in [4.69, 9.17) is 10.2 Å². The van der Waals surface area contributed by atoms with Crippen molar-refractivity contribution in [2.24, 2.45) is 11.1 Å². The van der Waals surface area contributed by atoms with Gasteiger partial charge < -0.3 is 15.1 Å². The van der Waals surface area contributed by atoms with Crippen LogP contribution in [0, 0.1) is 5.41 Å². The summed E-state index contributed by atoms with van der Waals surface area (Å²) in [5, 5.41) is 1.09. The van der Waals surface area contributed by atoms with Crippen molar-refractivity contribution in [1.82, 2.24) is 4.90 Å². The highest BCUT2D eigenvalue weighted by atomic mass is 16.3. The van der Waals surface area contributed by atoms with Crippen LogP contribution in [0.5, 0.6) is 0 Å². The van der Waals surface area contributed by atoms with Crippen molar-refractivity contribution in [2.75, 3.05) is 13.1 Å². The second kappa shape index (κ2) is 5.76. The second-order valence-corrected chi connectivity index (χ2v) is 6.95. The van der Waals surface area contributed by atoms with Crippen molar-refractivity contribution in [3.05, 3.63) is 36.1 Å². The molecule has 1 atom stereocenters. The van der Waals surface area contributed by atoms with E-state index in [9.17, 15) is 4.79 Å². The average Bonchev–Trinajstić information content (AvgIpc) is 2.90. The molecule has 2 N–H and O–H groups in total. The molecule has 1 aromatic heterocycles. The summed E-state index contributed by atoms with van der Waals surface area (Å²) >= 11 is 0. The molecule has 22 heavy (non-hydrogen) atoms. The van der Waals surface area contributed by atoms with Crippen LogP contribution in [-0.4, -0.2) is 29.9 Å². The summed E-state index contributed by atoms with van der Waals surface area (Å²) in [7, 11) is 0. The molecule has 0 aliphatic carbocycles. The van der Waals surface area contributed by atoms with Gasteiger partial charge in [-0.1, -0.05) is 32.0 Å². The standard InChI is InChI=1S/C18H24N2O2/c1-18(2)12-20(10-9-16(18)19)17(21)8-7-14-11-13-5-3-4-6-15(13)22-14/h3-6,11,16H,7-10,12,19H2,1-2H3. The van der Waals surface area contributed by atoms with Gasteiger partial charge in [-0.3, -0.25) is 4.79 Å². The first-order valence-corrected chi connectivity index (χ1v) is 7.96. The fourth-order valence-corrected chi connectivity index (χ4v) is 3.14. The van der Waals surface area contributed by atoms with Gasteiger partial charge in [-0.05, 0) is 24.0 Å². The van der Waals surface area contributed by atoms with Crippen LogP contribution in [0.1, 0.15) is 32.4 Å². The number of furan rings is 1. The number of piperidine rings is 1. The smallest absolute Gasteiger partial charge is 0.223 e. The van der Waals surface area contributed by atoms with Crippen LogP contribution < -0.4 is 5.73 Å².